The Morgan fingerprint density at radius 1 is 1.47 bits per heavy atom. The van der Waals surface area contributed by atoms with Gasteiger partial charge in [-0.2, -0.15) is 0 Å². The van der Waals surface area contributed by atoms with Crippen LogP contribution in [-0.4, -0.2) is 42.8 Å². The minimum atomic E-state index is -0.961. The molecule has 0 rings (SSSR count). The van der Waals surface area contributed by atoms with Gasteiger partial charge in [-0.25, -0.2) is 0 Å². The van der Waals surface area contributed by atoms with Crippen LogP contribution in [0.3, 0.4) is 0 Å². The number of carboxylic acids is 1. The standard InChI is InChI=1S/C11H22N2O4/c1-4-7(2)10(12)11(16)13-6-8(17-3)5-9(14)15/h7-8,10H,4-6,12H2,1-3H3,(H,13,16)(H,14,15). The number of amides is 1. The molecule has 6 heteroatoms. The number of methoxy groups -OCH3 is 1. The lowest BCUT2D eigenvalue weighted by atomic mass is 9.99. The van der Waals surface area contributed by atoms with Crippen LogP contribution in [0.2, 0.25) is 0 Å². The zero-order chi connectivity index (χ0) is 13.4. The average molecular weight is 246 g/mol. The molecule has 6 nitrogen and oxygen atoms in total. The predicted molar refractivity (Wildman–Crippen MR) is 63.5 cm³/mol. The maximum Gasteiger partial charge on any atom is 0.306 e. The smallest absolute Gasteiger partial charge is 0.306 e. The Kier molecular flexibility index (Phi) is 7.49. The van der Waals surface area contributed by atoms with Crippen LogP contribution in [0.1, 0.15) is 26.7 Å². The molecule has 3 atom stereocenters. The number of aliphatic carboxylic acids is 1. The van der Waals surface area contributed by atoms with Crippen LogP contribution in [-0.2, 0) is 14.3 Å². The van der Waals surface area contributed by atoms with Crippen LogP contribution in [0, 0.1) is 5.92 Å². The Morgan fingerprint density at radius 3 is 2.47 bits per heavy atom. The van der Waals surface area contributed by atoms with Crippen molar-refractivity contribution in [2.45, 2.75) is 38.8 Å². The highest BCUT2D eigenvalue weighted by molar-refractivity contribution is 5.81. The second-order valence-corrected chi connectivity index (χ2v) is 4.11. The number of rotatable bonds is 8. The van der Waals surface area contributed by atoms with Gasteiger partial charge >= 0.3 is 5.97 Å². The van der Waals surface area contributed by atoms with E-state index in [-0.39, 0.29) is 24.8 Å². The zero-order valence-electron chi connectivity index (χ0n) is 10.6. The SMILES string of the molecule is CCC(C)C(N)C(=O)NCC(CC(=O)O)OC. The lowest BCUT2D eigenvalue weighted by molar-refractivity contribution is -0.140. The summed E-state index contributed by atoms with van der Waals surface area (Å²) in [7, 11) is 1.41. The van der Waals surface area contributed by atoms with Crippen molar-refractivity contribution in [1.82, 2.24) is 5.32 Å². The first-order valence-corrected chi connectivity index (χ1v) is 5.70. The Hall–Kier alpha value is -1.14. The zero-order valence-corrected chi connectivity index (χ0v) is 10.6. The minimum Gasteiger partial charge on any atom is -0.481 e. The maximum absolute atomic E-state index is 11.6. The van der Waals surface area contributed by atoms with Crippen LogP contribution in [0.15, 0.2) is 0 Å². The molecule has 100 valence electrons. The van der Waals surface area contributed by atoms with Crippen molar-refractivity contribution in [3.05, 3.63) is 0 Å². The van der Waals surface area contributed by atoms with Gasteiger partial charge in [-0.15, -0.1) is 0 Å². The number of nitrogens with two attached hydrogens (primary N) is 1. The third-order valence-corrected chi connectivity index (χ3v) is 2.80. The molecule has 0 radical (unpaired) electrons. The monoisotopic (exact) mass is 246 g/mol. The van der Waals surface area contributed by atoms with E-state index in [4.69, 9.17) is 15.6 Å². The Balaban J connectivity index is 4.08. The van der Waals surface area contributed by atoms with Crippen LogP contribution < -0.4 is 11.1 Å². The van der Waals surface area contributed by atoms with E-state index in [0.29, 0.717) is 0 Å². The fourth-order valence-corrected chi connectivity index (χ4v) is 1.28. The van der Waals surface area contributed by atoms with E-state index < -0.39 is 18.1 Å². The van der Waals surface area contributed by atoms with Crippen LogP contribution in [0.4, 0.5) is 0 Å². The molecule has 0 spiro atoms. The number of carbonyl (C=O) groups excluding carboxylic acids is 1. The highest BCUT2D eigenvalue weighted by Gasteiger charge is 2.20. The molecule has 4 N–H and O–H groups in total. The highest BCUT2D eigenvalue weighted by Crippen LogP contribution is 2.05. The first-order chi connectivity index (χ1) is 7.92. The maximum atomic E-state index is 11.6. The lowest BCUT2D eigenvalue weighted by Crippen LogP contribution is -2.47. The molecule has 3 unspecified atom stereocenters. The molecule has 0 aliphatic heterocycles. The van der Waals surface area contributed by atoms with E-state index in [1.807, 2.05) is 13.8 Å². The first-order valence-electron chi connectivity index (χ1n) is 5.70. The summed E-state index contributed by atoms with van der Waals surface area (Å²) in [6.45, 7) is 4.02. The van der Waals surface area contributed by atoms with E-state index in [9.17, 15) is 9.59 Å². The van der Waals surface area contributed by atoms with E-state index in [2.05, 4.69) is 5.32 Å². The quantitative estimate of drug-likeness (QED) is 0.558. The lowest BCUT2D eigenvalue weighted by Gasteiger charge is -2.20. The molecule has 0 aromatic rings. The summed E-state index contributed by atoms with van der Waals surface area (Å²) in [6, 6.07) is -0.567. The largest absolute Gasteiger partial charge is 0.481 e. The molecule has 0 fully saturated rings. The number of carboxylic acid groups (broad SMARTS) is 1. The molecule has 0 bridgehead atoms. The molecule has 0 saturated carbocycles. The fraction of sp³-hybridized carbons (Fsp3) is 0.818. The summed E-state index contributed by atoms with van der Waals surface area (Å²) < 4.78 is 4.94. The van der Waals surface area contributed by atoms with Gasteiger partial charge in [0.1, 0.15) is 0 Å². The predicted octanol–water partition coefficient (Wildman–Crippen LogP) is -0.0343. The topological polar surface area (TPSA) is 102 Å². The summed E-state index contributed by atoms with van der Waals surface area (Å²) in [6.07, 6.45) is 0.146. The first kappa shape index (κ1) is 15.9. The van der Waals surface area contributed by atoms with E-state index in [1.165, 1.54) is 7.11 Å². The van der Waals surface area contributed by atoms with Gasteiger partial charge in [-0.3, -0.25) is 9.59 Å². The molecule has 17 heavy (non-hydrogen) atoms. The van der Waals surface area contributed by atoms with Gasteiger partial charge in [-0.1, -0.05) is 20.3 Å². The van der Waals surface area contributed by atoms with E-state index in [1.54, 1.807) is 0 Å². The Labute approximate surface area is 102 Å². The molecule has 1 amide bonds. The molecule has 0 heterocycles. The van der Waals surface area contributed by atoms with E-state index >= 15 is 0 Å². The molecule has 0 aliphatic carbocycles. The number of carbonyl (C=O) groups is 2. The number of nitrogens with one attached hydrogen (secondary N) is 1. The number of hydrogen-bond donors (Lipinski definition) is 3. The second kappa shape index (κ2) is 8.03. The molecular formula is C11H22N2O4. The van der Waals surface area contributed by atoms with Crippen molar-refractivity contribution in [1.29, 1.82) is 0 Å². The summed E-state index contributed by atoms with van der Waals surface area (Å²) in [5.41, 5.74) is 5.73. The Morgan fingerprint density at radius 2 is 2.06 bits per heavy atom. The van der Waals surface area contributed by atoms with Gasteiger partial charge in [0.25, 0.3) is 0 Å². The summed E-state index contributed by atoms with van der Waals surface area (Å²) in [5, 5.41) is 11.2. The van der Waals surface area contributed by atoms with Crippen molar-refractivity contribution < 1.29 is 19.4 Å². The van der Waals surface area contributed by atoms with Crippen molar-refractivity contribution >= 4 is 11.9 Å². The molecule has 0 aromatic heterocycles. The van der Waals surface area contributed by atoms with Crippen molar-refractivity contribution in [2.75, 3.05) is 13.7 Å². The van der Waals surface area contributed by atoms with E-state index in [0.717, 1.165) is 6.42 Å². The summed E-state index contributed by atoms with van der Waals surface area (Å²) in [4.78, 5) is 22.1. The van der Waals surface area contributed by atoms with Gasteiger partial charge in [0.2, 0.25) is 5.91 Å². The number of ether oxygens (including phenoxy) is 1. The second-order valence-electron chi connectivity index (χ2n) is 4.11. The minimum absolute atomic E-state index is 0.0930. The fourth-order valence-electron chi connectivity index (χ4n) is 1.28. The average Bonchev–Trinajstić information content (AvgIpc) is 2.31. The van der Waals surface area contributed by atoms with Gasteiger partial charge in [0.05, 0.1) is 18.6 Å². The van der Waals surface area contributed by atoms with Crippen molar-refractivity contribution in [2.24, 2.45) is 11.7 Å². The van der Waals surface area contributed by atoms with Gasteiger partial charge in [-0.05, 0) is 5.92 Å². The van der Waals surface area contributed by atoms with Crippen LogP contribution in [0.5, 0.6) is 0 Å². The molecule has 0 aliphatic rings. The highest BCUT2D eigenvalue weighted by atomic mass is 16.5. The van der Waals surface area contributed by atoms with Gasteiger partial charge < -0.3 is 20.9 Å². The molecule has 0 aromatic carbocycles. The summed E-state index contributed by atoms with van der Waals surface area (Å²) >= 11 is 0. The van der Waals surface area contributed by atoms with Gasteiger partial charge in [0, 0.05) is 13.7 Å². The third-order valence-electron chi connectivity index (χ3n) is 2.80. The molecular weight excluding hydrogens is 224 g/mol. The third kappa shape index (κ3) is 6.23. The van der Waals surface area contributed by atoms with Crippen LogP contribution >= 0.6 is 0 Å². The Bertz CT molecular complexity index is 258. The normalized spacial score (nSPS) is 16.0. The van der Waals surface area contributed by atoms with Crippen molar-refractivity contribution in [3.63, 3.8) is 0 Å². The van der Waals surface area contributed by atoms with Crippen LogP contribution in [0.25, 0.3) is 0 Å². The molecule has 0 saturated heterocycles. The van der Waals surface area contributed by atoms with Gasteiger partial charge in [0.15, 0.2) is 0 Å². The van der Waals surface area contributed by atoms with Crippen molar-refractivity contribution in [3.8, 4) is 0 Å². The summed E-state index contributed by atoms with van der Waals surface area (Å²) in [5.74, 6) is -1.14. The number of hydrogen-bond acceptors (Lipinski definition) is 4.